The van der Waals surface area contributed by atoms with E-state index in [0.29, 0.717) is 11.1 Å². The molecule has 2 heteroatoms. The third-order valence-corrected chi connectivity index (χ3v) is 10.9. The Balaban J connectivity index is 0.974. The molecular formula is C56H42N2. The summed E-state index contributed by atoms with van der Waals surface area (Å²) in [5.41, 5.74) is 15.6. The van der Waals surface area contributed by atoms with Crippen LogP contribution in [0, 0.1) is 0 Å². The van der Waals surface area contributed by atoms with Crippen molar-refractivity contribution in [3.8, 4) is 44.5 Å². The van der Waals surface area contributed by atoms with Crippen molar-refractivity contribution < 1.29 is 5.48 Å². The SMILES string of the molecule is [2H]C1([2H])c2ccc(N(c3ccc(-c4ccccc4)cc3)c3ccc(-c4ccc(N(c5ccc(-c6ccccc6)cc5)c5ccc(-c6ccccc6)cc5)cc4)cc3)cc2C1([2H])[2H]. The molecule has 0 amide bonds. The van der Waals surface area contributed by atoms with Crippen molar-refractivity contribution in [2.45, 2.75) is 12.7 Å². The summed E-state index contributed by atoms with van der Waals surface area (Å²) in [4.78, 5) is 4.40. The molecule has 1 aliphatic carbocycles. The van der Waals surface area contributed by atoms with E-state index in [-0.39, 0.29) is 0 Å². The van der Waals surface area contributed by atoms with Gasteiger partial charge in [-0.2, -0.15) is 0 Å². The Morgan fingerprint density at radius 1 is 0.241 bits per heavy atom. The molecule has 58 heavy (non-hydrogen) atoms. The average molecular weight is 747 g/mol. The van der Waals surface area contributed by atoms with Crippen LogP contribution < -0.4 is 9.80 Å². The lowest BCUT2D eigenvalue weighted by Crippen LogP contribution is -2.13. The fraction of sp³-hybridized carbons (Fsp3) is 0.0357. The Hall–Kier alpha value is -7.42. The van der Waals surface area contributed by atoms with E-state index in [1.54, 1.807) is 12.1 Å². The Morgan fingerprint density at radius 3 is 0.793 bits per heavy atom. The van der Waals surface area contributed by atoms with E-state index < -0.39 is 12.7 Å². The number of fused-ring (bicyclic) bond motifs is 1. The molecule has 0 radical (unpaired) electrons. The minimum atomic E-state index is -2.08. The van der Waals surface area contributed by atoms with Crippen molar-refractivity contribution in [2.24, 2.45) is 0 Å². The highest BCUT2D eigenvalue weighted by Gasteiger charge is 2.19. The largest absolute Gasteiger partial charge is 0.311 e. The molecule has 9 aromatic carbocycles. The molecule has 0 spiro atoms. The van der Waals surface area contributed by atoms with Gasteiger partial charge in [0.15, 0.2) is 0 Å². The molecule has 0 heterocycles. The lowest BCUT2D eigenvalue weighted by molar-refractivity contribution is 0.839. The molecule has 276 valence electrons. The molecule has 0 bridgehead atoms. The predicted octanol–water partition coefficient (Wildman–Crippen LogP) is 15.4. The summed E-state index contributed by atoms with van der Waals surface area (Å²) in [7, 11) is 0. The Morgan fingerprint density at radius 2 is 0.483 bits per heavy atom. The predicted molar refractivity (Wildman–Crippen MR) is 245 cm³/mol. The molecule has 0 unspecified atom stereocenters. The van der Waals surface area contributed by atoms with Crippen molar-refractivity contribution in [2.75, 3.05) is 9.80 Å². The van der Waals surface area contributed by atoms with Crippen LogP contribution in [-0.4, -0.2) is 0 Å². The van der Waals surface area contributed by atoms with Gasteiger partial charge in [0, 0.05) is 39.6 Å². The number of hydrogen-bond donors (Lipinski definition) is 0. The summed E-state index contributed by atoms with van der Waals surface area (Å²) < 4.78 is 33.8. The summed E-state index contributed by atoms with van der Waals surface area (Å²) in [5, 5.41) is 0. The zero-order valence-electron chi connectivity index (χ0n) is 35.8. The summed E-state index contributed by atoms with van der Waals surface area (Å²) in [6.07, 6.45) is -4.11. The molecule has 0 fully saturated rings. The molecular weight excluding hydrogens is 701 g/mol. The number of hydrogen-bond acceptors (Lipinski definition) is 2. The van der Waals surface area contributed by atoms with Gasteiger partial charge in [0.1, 0.15) is 0 Å². The van der Waals surface area contributed by atoms with E-state index in [2.05, 4.69) is 192 Å². The summed E-state index contributed by atoms with van der Waals surface area (Å²) >= 11 is 0. The first kappa shape index (κ1) is 30.8. The van der Waals surface area contributed by atoms with Crippen LogP contribution in [0.2, 0.25) is 0 Å². The van der Waals surface area contributed by atoms with Crippen molar-refractivity contribution in [3.05, 3.63) is 242 Å². The van der Waals surface area contributed by atoms with Gasteiger partial charge in [-0.25, -0.2) is 0 Å². The highest BCUT2D eigenvalue weighted by Crippen LogP contribution is 2.41. The second kappa shape index (κ2) is 15.6. The standard InChI is InChI=1S/C56H42N2/c1-4-10-41(11-5-1)44-18-29-51(30-19-44)57(52-31-20-45(21-32-52)42-12-6-2-7-13-42)53-33-24-47(25-34-53)48-26-37-55(38-27-48)58(56-39-28-49-16-17-50(49)40-56)54-35-22-46(23-36-54)43-14-8-3-9-15-43/h1-15,18-40H,16-17H2/i16D2,17D2. The highest BCUT2D eigenvalue weighted by atomic mass is 15.1. The molecule has 0 atom stereocenters. The van der Waals surface area contributed by atoms with Crippen LogP contribution in [0.3, 0.4) is 0 Å². The van der Waals surface area contributed by atoms with E-state index in [4.69, 9.17) is 5.48 Å². The third-order valence-electron chi connectivity index (χ3n) is 10.9. The molecule has 10 rings (SSSR count). The third kappa shape index (κ3) is 7.09. The quantitative estimate of drug-likeness (QED) is 0.137. The topological polar surface area (TPSA) is 6.48 Å². The fourth-order valence-electron chi connectivity index (χ4n) is 7.76. The van der Waals surface area contributed by atoms with Crippen molar-refractivity contribution >= 4 is 34.1 Å². The smallest absolute Gasteiger partial charge is 0.0464 e. The summed E-state index contributed by atoms with van der Waals surface area (Å²) in [5.74, 6) is 0. The maximum Gasteiger partial charge on any atom is 0.0464 e. The van der Waals surface area contributed by atoms with E-state index in [1.165, 1.54) is 22.3 Å². The highest BCUT2D eigenvalue weighted by molar-refractivity contribution is 5.83. The molecule has 0 aliphatic heterocycles. The number of anilines is 6. The zero-order valence-corrected chi connectivity index (χ0v) is 31.8. The van der Waals surface area contributed by atoms with Gasteiger partial charge >= 0.3 is 0 Å². The van der Waals surface area contributed by atoms with Crippen LogP contribution in [-0.2, 0) is 12.7 Å². The Kier molecular flexibility index (Phi) is 8.28. The maximum atomic E-state index is 8.54. The van der Waals surface area contributed by atoms with Gasteiger partial charge in [0.2, 0.25) is 0 Å². The first-order valence-electron chi connectivity index (χ1n) is 21.7. The first-order valence-corrected chi connectivity index (χ1v) is 19.7. The molecule has 0 aromatic heterocycles. The van der Waals surface area contributed by atoms with Gasteiger partial charge < -0.3 is 9.80 Å². The van der Waals surface area contributed by atoms with Gasteiger partial charge in [0.05, 0.1) is 0 Å². The fourth-order valence-corrected chi connectivity index (χ4v) is 7.76. The Bertz CT molecular complexity index is 2870. The maximum absolute atomic E-state index is 8.54. The van der Waals surface area contributed by atoms with Crippen LogP contribution in [0.15, 0.2) is 231 Å². The van der Waals surface area contributed by atoms with Crippen molar-refractivity contribution in [3.63, 3.8) is 0 Å². The minimum Gasteiger partial charge on any atom is -0.311 e. The van der Waals surface area contributed by atoms with Crippen LogP contribution in [0.5, 0.6) is 0 Å². The molecule has 1 aliphatic rings. The zero-order chi connectivity index (χ0) is 42.3. The molecule has 0 saturated carbocycles. The molecule has 9 aromatic rings. The second-order valence-corrected chi connectivity index (χ2v) is 14.5. The van der Waals surface area contributed by atoms with E-state index in [9.17, 15) is 0 Å². The van der Waals surface area contributed by atoms with E-state index in [0.717, 1.165) is 56.4 Å². The lowest BCUT2D eigenvalue weighted by Gasteiger charge is -2.29. The van der Waals surface area contributed by atoms with Gasteiger partial charge in [-0.05, 0) is 141 Å². The van der Waals surface area contributed by atoms with Crippen LogP contribution in [0.25, 0.3) is 44.5 Å². The lowest BCUT2D eigenvalue weighted by atomic mass is 9.88. The van der Waals surface area contributed by atoms with Gasteiger partial charge in [0.25, 0.3) is 0 Å². The normalized spacial score (nSPS) is 14.4. The molecule has 0 N–H and O–H groups in total. The molecule has 0 saturated heterocycles. The monoisotopic (exact) mass is 746 g/mol. The summed E-state index contributed by atoms with van der Waals surface area (Å²) in [6, 6.07) is 79.5. The van der Waals surface area contributed by atoms with E-state index >= 15 is 0 Å². The second-order valence-electron chi connectivity index (χ2n) is 14.5. The number of rotatable bonds is 10. The minimum absolute atomic E-state index is 0.385. The van der Waals surface area contributed by atoms with Crippen LogP contribution >= 0.6 is 0 Å². The van der Waals surface area contributed by atoms with Gasteiger partial charge in [-0.15, -0.1) is 0 Å². The first-order chi connectivity index (χ1) is 30.2. The van der Waals surface area contributed by atoms with Crippen LogP contribution in [0.1, 0.15) is 16.6 Å². The van der Waals surface area contributed by atoms with Crippen molar-refractivity contribution in [1.82, 2.24) is 0 Å². The average Bonchev–Trinajstić information content (AvgIpc) is 3.33. The summed E-state index contributed by atoms with van der Waals surface area (Å²) in [6.45, 7) is 0. The number of nitrogens with zero attached hydrogens (tertiary/aromatic N) is 2. The van der Waals surface area contributed by atoms with Gasteiger partial charge in [-0.1, -0.05) is 158 Å². The van der Waals surface area contributed by atoms with E-state index in [1.807, 2.05) is 36.4 Å². The van der Waals surface area contributed by atoms with Gasteiger partial charge in [-0.3, -0.25) is 0 Å². The Labute approximate surface area is 347 Å². The number of benzene rings is 9. The number of aryl methyl sites for hydroxylation is 2. The molecule has 2 nitrogen and oxygen atoms in total. The van der Waals surface area contributed by atoms with Crippen molar-refractivity contribution in [1.29, 1.82) is 0 Å². The van der Waals surface area contributed by atoms with Crippen LogP contribution in [0.4, 0.5) is 34.1 Å².